The molecule has 2 heteroatoms. The first kappa shape index (κ1) is 13.1. The Balaban J connectivity index is 1.93. The van der Waals surface area contributed by atoms with Gasteiger partial charge in [-0.25, -0.2) is 0 Å². The third kappa shape index (κ3) is 3.54. The maximum Gasteiger partial charge on any atom is 0.131 e. The lowest BCUT2D eigenvalue weighted by Gasteiger charge is -2.43. The number of piperidine rings is 1. The standard InChI is InChI=1S/C15H27NO/c1-12-6-8-14(9-7-12)16-10-4-3-5-15(16)11-13(2)17/h12,14-15H,3-11H2,1-2H3. The first-order chi connectivity index (χ1) is 8.16. The van der Waals surface area contributed by atoms with Crippen molar-refractivity contribution in [3.05, 3.63) is 0 Å². The lowest BCUT2D eigenvalue weighted by Crippen LogP contribution is -2.48. The predicted molar refractivity (Wildman–Crippen MR) is 71.1 cm³/mol. The fourth-order valence-corrected chi connectivity index (χ4v) is 3.63. The van der Waals surface area contributed by atoms with E-state index in [-0.39, 0.29) is 0 Å². The highest BCUT2D eigenvalue weighted by molar-refractivity contribution is 5.76. The van der Waals surface area contributed by atoms with Crippen LogP contribution in [0.2, 0.25) is 0 Å². The van der Waals surface area contributed by atoms with Crippen molar-refractivity contribution in [1.82, 2.24) is 4.90 Å². The maximum atomic E-state index is 11.4. The Morgan fingerprint density at radius 3 is 2.47 bits per heavy atom. The van der Waals surface area contributed by atoms with Gasteiger partial charge < -0.3 is 0 Å². The summed E-state index contributed by atoms with van der Waals surface area (Å²) in [4.78, 5) is 14.0. The van der Waals surface area contributed by atoms with Crippen molar-refractivity contribution in [2.45, 2.75) is 77.3 Å². The molecule has 1 saturated carbocycles. The Morgan fingerprint density at radius 2 is 1.82 bits per heavy atom. The highest BCUT2D eigenvalue weighted by Crippen LogP contribution is 2.32. The molecule has 0 bridgehead atoms. The molecule has 0 aromatic carbocycles. The number of hydrogen-bond donors (Lipinski definition) is 0. The predicted octanol–water partition coefficient (Wildman–Crippen LogP) is 3.40. The second-order valence-corrected chi connectivity index (χ2v) is 6.21. The minimum Gasteiger partial charge on any atom is -0.300 e. The first-order valence-electron chi connectivity index (χ1n) is 7.42. The van der Waals surface area contributed by atoms with Crippen LogP contribution in [0.4, 0.5) is 0 Å². The second kappa shape index (κ2) is 5.99. The molecule has 1 unspecified atom stereocenters. The zero-order valence-electron chi connectivity index (χ0n) is 11.5. The van der Waals surface area contributed by atoms with E-state index in [1.807, 2.05) is 0 Å². The summed E-state index contributed by atoms with van der Waals surface area (Å²) >= 11 is 0. The van der Waals surface area contributed by atoms with E-state index in [0.717, 1.165) is 18.4 Å². The molecule has 0 amide bonds. The molecular weight excluding hydrogens is 210 g/mol. The lowest BCUT2D eigenvalue weighted by atomic mass is 9.84. The average molecular weight is 237 g/mol. The van der Waals surface area contributed by atoms with Crippen LogP contribution in [0.25, 0.3) is 0 Å². The molecule has 17 heavy (non-hydrogen) atoms. The molecule has 0 aromatic rings. The molecule has 98 valence electrons. The Kier molecular flexibility index (Phi) is 4.61. The van der Waals surface area contributed by atoms with E-state index in [9.17, 15) is 4.79 Å². The van der Waals surface area contributed by atoms with Crippen LogP contribution in [0.15, 0.2) is 0 Å². The van der Waals surface area contributed by atoms with Crippen molar-refractivity contribution in [1.29, 1.82) is 0 Å². The summed E-state index contributed by atoms with van der Waals surface area (Å²) in [6.07, 6.45) is 10.2. The number of likely N-dealkylation sites (tertiary alicyclic amines) is 1. The molecule has 2 fully saturated rings. The van der Waals surface area contributed by atoms with Crippen LogP contribution in [0.5, 0.6) is 0 Å². The Bertz CT molecular complexity index is 256. The van der Waals surface area contributed by atoms with Gasteiger partial charge in [-0.3, -0.25) is 9.69 Å². The minimum absolute atomic E-state index is 0.367. The van der Waals surface area contributed by atoms with Gasteiger partial charge in [-0.1, -0.05) is 13.3 Å². The number of hydrogen-bond acceptors (Lipinski definition) is 2. The third-order valence-corrected chi connectivity index (χ3v) is 4.65. The van der Waals surface area contributed by atoms with Gasteiger partial charge in [-0.2, -0.15) is 0 Å². The van der Waals surface area contributed by atoms with Crippen molar-refractivity contribution < 1.29 is 4.79 Å². The van der Waals surface area contributed by atoms with E-state index in [1.165, 1.54) is 51.5 Å². The lowest BCUT2D eigenvalue weighted by molar-refractivity contribution is -0.118. The van der Waals surface area contributed by atoms with E-state index in [2.05, 4.69) is 11.8 Å². The molecule has 1 saturated heterocycles. The van der Waals surface area contributed by atoms with Crippen LogP contribution in [-0.4, -0.2) is 29.3 Å². The van der Waals surface area contributed by atoms with Gasteiger partial charge in [-0.05, 0) is 57.9 Å². The average Bonchev–Trinajstić information content (AvgIpc) is 2.30. The van der Waals surface area contributed by atoms with Crippen LogP contribution in [-0.2, 0) is 4.79 Å². The van der Waals surface area contributed by atoms with E-state index in [1.54, 1.807) is 6.92 Å². The molecular formula is C15H27NO. The first-order valence-corrected chi connectivity index (χ1v) is 7.42. The molecule has 1 atom stereocenters. The van der Waals surface area contributed by atoms with Crippen molar-refractivity contribution in [3.63, 3.8) is 0 Å². The molecule has 0 aromatic heterocycles. The van der Waals surface area contributed by atoms with Crippen molar-refractivity contribution in [3.8, 4) is 0 Å². The summed E-state index contributed by atoms with van der Waals surface area (Å²) < 4.78 is 0. The number of nitrogens with zero attached hydrogens (tertiary/aromatic N) is 1. The third-order valence-electron chi connectivity index (χ3n) is 4.65. The molecule has 1 aliphatic heterocycles. The summed E-state index contributed by atoms with van der Waals surface area (Å²) in [5.74, 6) is 1.29. The van der Waals surface area contributed by atoms with E-state index >= 15 is 0 Å². The largest absolute Gasteiger partial charge is 0.300 e. The van der Waals surface area contributed by atoms with Crippen LogP contribution >= 0.6 is 0 Å². The van der Waals surface area contributed by atoms with Crippen LogP contribution in [0.3, 0.4) is 0 Å². The van der Waals surface area contributed by atoms with Crippen LogP contribution < -0.4 is 0 Å². The normalized spacial score (nSPS) is 35.8. The van der Waals surface area contributed by atoms with Gasteiger partial charge in [0.05, 0.1) is 0 Å². The van der Waals surface area contributed by atoms with Crippen molar-refractivity contribution in [2.24, 2.45) is 5.92 Å². The highest BCUT2D eigenvalue weighted by atomic mass is 16.1. The SMILES string of the molecule is CC(=O)CC1CCCCN1C1CCC(C)CC1. The van der Waals surface area contributed by atoms with Gasteiger partial charge in [0, 0.05) is 18.5 Å². The van der Waals surface area contributed by atoms with Gasteiger partial charge in [0.1, 0.15) is 5.78 Å². The van der Waals surface area contributed by atoms with Crippen LogP contribution in [0.1, 0.15) is 65.2 Å². The number of carbonyl (C=O) groups is 1. The molecule has 1 aliphatic carbocycles. The van der Waals surface area contributed by atoms with Gasteiger partial charge in [0.2, 0.25) is 0 Å². The maximum absolute atomic E-state index is 11.4. The van der Waals surface area contributed by atoms with Crippen molar-refractivity contribution in [2.75, 3.05) is 6.54 Å². The highest BCUT2D eigenvalue weighted by Gasteiger charge is 2.31. The van der Waals surface area contributed by atoms with Gasteiger partial charge in [0.25, 0.3) is 0 Å². The molecule has 1 heterocycles. The Hall–Kier alpha value is -0.370. The molecule has 0 N–H and O–H groups in total. The van der Waals surface area contributed by atoms with Gasteiger partial charge in [0.15, 0.2) is 0 Å². The summed E-state index contributed by atoms with van der Waals surface area (Å²) in [5, 5.41) is 0. The van der Waals surface area contributed by atoms with Gasteiger partial charge in [-0.15, -0.1) is 0 Å². The molecule has 2 nitrogen and oxygen atoms in total. The summed E-state index contributed by atoms with van der Waals surface area (Å²) in [5.41, 5.74) is 0. The molecule has 0 radical (unpaired) electrons. The van der Waals surface area contributed by atoms with Crippen LogP contribution in [0, 0.1) is 5.92 Å². The summed E-state index contributed by atoms with van der Waals surface area (Å²) in [7, 11) is 0. The zero-order valence-corrected chi connectivity index (χ0v) is 11.5. The van der Waals surface area contributed by atoms with Gasteiger partial charge >= 0.3 is 0 Å². The van der Waals surface area contributed by atoms with E-state index in [4.69, 9.17) is 0 Å². The topological polar surface area (TPSA) is 20.3 Å². The number of ketones is 1. The molecule has 2 aliphatic rings. The Labute approximate surface area is 106 Å². The number of rotatable bonds is 3. The Morgan fingerprint density at radius 1 is 1.12 bits per heavy atom. The summed E-state index contributed by atoms with van der Waals surface area (Å²) in [6.45, 7) is 5.35. The molecule has 2 rings (SSSR count). The zero-order chi connectivity index (χ0) is 12.3. The quantitative estimate of drug-likeness (QED) is 0.750. The van der Waals surface area contributed by atoms with Crippen molar-refractivity contribution >= 4 is 5.78 Å². The second-order valence-electron chi connectivity index (χ2n) is 6.21. The number of Topliss-reactive ketones (excluding diaryl/α,β-unsaturated/α-hetero) is 1. The fraction of sp³-hybridized carbons (Fsp3) is 0.933. The smallest absolute Gasteiger partial charge is 0.131 e. The fourth-order valence-electron chi connectivity index (χ4n) is 3.63. The monoisotopic (exact) mass is 237 g/mol. The minimum atomic E-state index is 0.367. The number of carbonyl (C=O) groups excluding carboxylic acids is 1. The van der Waals surface area contributed by atoms with E-state index in [0.29, 0.717) is 11.8 Å². The summed E-state index contributed by atoms with van der Waals surface area (Å²) in [6, 6.07) is 1.33. The molecule has 0 spiro atoms. The van der Waals surface area contributed by atoms with E-state index < -0.39 is 0 Å².